The molecule has 0 atom stereocenters. The van der Waals surface area contributed by atoms with Crippen molar-refractivity contribution in [3.05, 3.63) is 64.4 Å². The summed E-state index contributed by atoms with van der Waals surface area (Å²) >= 11 is 10.5. The van der Waals surface area contributed by atoms with E-state index in [9.17, 15) is 4.39 Å². The lowest BCUT2D eigenvalue weighted by Gasteiger charge is -2.08. The molecule has 0 saturated carbocycles. The van der Waals surface area contributed by atoms with Crippen molar-refractivity contribution in [2.75, 3.05) is 0 Å². The number of nitrogens with two attached hydrogens (primary N) is 1. The highest BCUT2D eigenvalue weighted by Gasteiger charge is 2.03. The topological polar surface area (TPSA) is 35.2 Å². The van der Waals surface area contributed by atoms with Crippen LogP contribution in [0.15, 0.2) is 42.5 Å². The van der Waals surface area contributed by atoms with Crippen LogP contribution in [-0.4, -0.2) is 4.99 Å². The van der Waals surface area contributed by atoms with Crippen molar-refractivity contribution in [3.8, 4) is 5.75 Å². The van der Waals surface area contributed by atoms with E-state index in [1.165, 1.54) is 12.1 Å². The van der Waals surface area contributed by atoms with Crippen LogP contribution in [0.3, 0.4) is 0 Å². The van der Waals surface area contributed by atoms with E-state index in [-0.39, 0.29) is 5.02 Å². The molecule has 0 heterocycles. The van der Waals surface area contributed by atoms with Crippen LogP contribution >= 0.6 is 23.8 Å². The summed E-state index contributed by atoms with van der Waals surface area (Å²) in [6, 6.07) is 11.7. The molecule has 0 unspecified atom stereocenters. The van der Waals surface area contributed by atoms with Gasteiger partial charge in [0.15, 0.2) is 0 Å². The highest BCUT2D eigenvalue weighted by atomic mass is 35.5. The fraction of sp³-hybridized carbons (Fsp3) is 0.0714. The SMILES string of the molecule is NC(=S)c1cccc(COc2ccc(Cl)c(F)c2)c1. The maximum absolute atomic E-state index is 13.2. The second kappa shape index (κ2) is 5.99. The Balaban J connectivity index is 2.07. The van der Waals surface area contributed by atoms with Gasteiger partial charge in [0, 0.05) is 11.6 Å². The smallest absolute Gasteiger partial charge is 0.145 e. The average Bonchev–Trinajstić information content (AvgIpc) is 2.40. The molecule has 0 aromatic heterocycles. The standard InChI is InChI=1S/C14H11ClFNOS/c15-12-5-4-11(7-13(12)16)18-8-9-2-1-3-10(6-9)14(17)19/h1-7H,8H2,(H2,17,19). The molecule has 5 heteroatoms. The number of benzene rings is 2. The molecule has 0 bridgehead atoms. The van der Waals surface area contributed by atoms with Gasteiger partial charge in [0.05, 0.1) is 5.02 Å². The summed E-state index contributed by atoms with van der Waals surface area (Å²) in [7, 11) is 0. The first-order valence-corrected chi connectivity index (χ1v) is 6.31. The second-order valence-electron chi connectivity index (χ2n) is 3.93. The molecule has 2 rings (SSSR count). The van der Waals surface area contributed by atoms with Crippen molar-refractivity contribution in [2.45, 2.75) is 6.61 Å². The van der Waals surface area contributed by atoms with Gasteiger partial charge in [-0.1, -0.05) is 42.0 Å². The van der Waals surface area contributed by atoms with Crippen molar-refractivity contribution in [3.63, 3.8) is 0 Å². The van der Waals surface area contributed by atoms with Crippen LogP contribution in [0.25, 0.3) is 0 Å². The van der Waals surface area contributed by atoms with Crippen molar-refractivity contribution >= 4 is 28.8 Å². The fourth-order valence-corrected chi connectivity index (χ4v) is 1.79. The normalized spacial score (nSPS) is 10.2. The van der Waals surface area contributed by atoms with Crippen LogP contribution in [0.1, 0.15) is 11.1 Å². The number of thiocarbonyl (C=S) groups is 1. The summed E-state index contributed by atoms with van der Waals surface area (Å²) in [4.78, 5) is 0.333. The van der Waals surface area contributed by atoms with E-state index in [0.29, 0.717) is 17.3 Å². The van der Waals surface area contributed by atoms with Gasteiger partial charge < -0.3 is 10.5 Å². The monoisotopic (exact) mass is 295 g/mol. The number of rotatable bonds is 4. The van der Waals surface area contributed by atoms with Gasteiger partial charge in [-0.2, -0.15) is 0 Å². The third-order valence-electron chi connectivity index (χ3n) is 2.51. The van der Waals surface area contributed by atoms with Gasteiger partial charge in [-0.05, 0) is 23.8 Å². The molecular formula is C14H11ClFNOS. The molecule has 98 valence electrons. The molecule has 2 aromatic rings. The largest absolute Gasteiger partial charge is 0.489 e. The molecule has 0 saturated heterocycles. The summed E-state index contributed by atoms with van der Waals surface area (Å²) in [6.45, 7) is 0.303. The summed E-state index contributed by atoms with van der Waals surface area (Å²) < 4.78 is 18.7. The fourth-order valence-electron chi connectivity index (χ4n) is 1.55. The maximum Gasteiger partial charge on any atom is 0.145 e. The highest BCUT2D eigenvalue weighted by Crippen LogP contribution is 2.21. The van der Waals surface area contributed by atoms with Crippen LogP contribution in [0, 0.1) is 5.82 Å². The third kappa shape index (κ3) is 3.66. The molecule has 0 aliphatic carbocycles. The molecule has 2 aromatic carbocycles. The van der Waals surface area contributed by atoms with Crippen molar-refractivity contribution in [1.29, 1.82) is 0 Å². The molecule has 0 spiro atoms. The third-order valence-corrected chi connectivity index (χ3v) is 3.05. The Labute approximate surface area is 120 Å². The molecule has 0 aliphatic rings. The second-order valence-corrected chi connectivity index (χ2v) is 4.78. The van der Waals surface area contributed by atoms with E-state index in [4.69, 9.17) is 34.3 Å². The first-order valence-electron chi connectivity index (χ1n) is 5.53. The van der Waals surface area contributed by atoms with Crippen molar-refractivity contribution in [1.82, 2.24) is 0 Å². The summed E-state index contributed by atoms with van der Waals surface area (Å²) in [5.74, 6) is -0.0846. The number of ether oxygens (including phenoxy) is 1. The predicted molar refractivity (Wildman–Crippen MR) is 78.1 cm³/mol. The minimum atomic E-state index is -0.504. The van der Waals surface area contributed by atoms with Gasteiger partial charge in [0.1, 0.15) is 23.2 Å². The molecule has 0 radical (unpaired) electrons. The van der Waals surface area contributed by atoms with Crippen LogP contribution in [-0.2, 0) is 6.61 Å². The lowest BCUT2D eigenvalue weighted by Crippen LogP contribution is -2.09. The van der Waals surface area contributed by atoms with Gasteiger partial charge in [-0.3, -0.25) is 0 Å². The molecule has 0 fully saturated rings. The van der Waals surface area contributed by atoms with E-state index in [0.717, 1.165) is 11.1 Å². The van der Waals surface area contributed by atoms with E-state index in [2.05, 4.69) is 0 Å². The lowest BCUT2D eigenvalue weighted by molar-refractivity contribution is 0.304. The summed E-state index contributed by atoms with van der Waals surface area (Å²) in [5, 5.41) is 0.0721. The van der Waals surface area contributed by atoms with Crippen LogP contribution in [0.4, 0.5) is 4.39 Å². The minimum Gasteiger partial charge on any atom is -0.489 e. The number of hydrogen-bond acceptors (Lipinski definition) is 2. The van der Waals surface area contributed by atoms with Gasteiger partial charge in [-0.25, -0.2) is 4.39 Å². The summed E-state index contributed by atoms with van der Waals surface area (Å²) in [6.07, 6.45) is 0. The van der Waals surface area contributed by atoms with Gasteiger partial charge in [-0.15, -0.1) is 0 Å². The zero-order valence-corrected chi connectivity index (χ0v) is 11.5. The van der Waals surface area contributed by atoms with Crippen LogP contribution in [0.5, 0.6) is 5.75 Å². The molecule has 19 heavy (non-hydrogen) atoms. The Morgan fingerprint density at radius 1 is 1.26 bits per heavy atom. The molecular weight excluding hydrogens is 285 g/mol. The van der Waals surface area contributed by atoms with Gasteiger partial charge in [0.2, 0.25) is 0 Å². The maximum atomic E-state index is 13.2. The predicted octanol–water partition coefficient (Wildman–Crippen LogP) is 3.69. The van der Waals surface area contributed by atoms with Crippen LogP contribution < -0.4 is 10.5 Å². The molecule has 0 aliphatic heterocycles. The number of halogens is 2. The Bertz CT molecular complexity index is 618. The van der Waals surface area contributed by atoms with Crippen LogP contribution in [0.2, 0.25) is 5.02 Å². The van der Waals surface area contributed by atoms with Gasteiger partial charge in [0.25, 0.3) is 0 Å². The van der Waals surface area contributed by atoms with E-state index in [1.807, 2.05) is 24.3 Å². The van der Waals surface area contributed by atoms with Gasteiger partial charge >= 0.3 is 0 Å². The quantitative estimate of drug-likeness (QED) is 0.874. The molecule has 2 N–H and O–H groups in total. The van der Waals surface area contributed by atoms with Crippen molar-refractivity contribution < 1.29 is 9.13 Å². The first-order chi connectivity index (χ1) is 9.06. The lowest BCUT2D eigenvalue weighted by atomic mass is 10.1. The minimum absolute atomic E-state index is 0.0721. The van der Waals surface area contributed by atoms with E-state index in [1.54, 1.807) is 6.07 Å². The van der Waals surface area contributed by atoms with E-state index < -0.39 is 5.82 Å². The Morgan fingerprint density at radius 3 is 2.74 bits per heavy atom. The Morgan fingerprint density at radius 2 is 2.05 bits per heavy atom. The molecule has 2 nitrogen and oxygen atoms in total. The Kier molecular flexibility index (Phi) is 4.35. The Hall–Kier alpha value is -1.65. The summed E-state index contributed by atoms with van der Waals surface area (Å²) in [5.41, 5.74) is 7.23. The highest BCUT2D eigenvalue weighted by molar-refractivity contribution is 7.80. The van der Waals surface area contributed by atoms with Crippen molar-refractivity contribution in [2.24, 2.45) is 5.73 Å². The zero-order valence-electron chi connectivity index (χ0n) is 9.90. The molecule has 0 amide bonds. The first kappa shape index (κ1) is 13.8. The zero-order chi connectivity index (χ0) is 13.8. The number of hydrogen-bond donors (Lipinski definition) is 1. The van der Waals surface area contributed by atoms with E-state index >= 15 is 0 Å². The average molecular weight is 296 g/mol.